The predicted octanol–water partition coefficient (Wildman–Crippen LogP) is 3.88. The molecule has 0 fully saturated rings. The van der Waals surface area contributed by atoms with Crippen molar-refractivity contribution in [2.75, 3.05) is 5.32 Å². The summed E-state index contributed by atoms with van der Waals surface area (Å²) in [6, 6.07) is 7.34. The highest BCUT2D eigenvalue weighted by atomic mass is 79.9. The van der Waals surface area contributed by atoms with Gasteiger partial charge in [0, 0.05) is 32.0 Å². The molecule has 1 amide bonds. The molecule has 94 valence electrons. The van der Waals surface area contributed by atoms with E-state index in [9.17, 15) is 4.79 Å². The molecule has 0 radical (unpaired) electrons. The third-order valence-electron chi connectivity index (χ3n) is 2.32. The van der Waals surface area contributed by atoms with Gasteiger partial charge in [-0.2, -0.15) is 0 Å². The zero-order valence-corrected chi connectivity index (χ0v) is 12.4. The van der Waals surface area contributed by atoms with Gasteiger partial charge in [-0.25, -0.2) is 0 Å². The van der Waals surface area contributed by atoms with Crippen molar-refractivity contribution in [3.8, 4) is 0 Å². The van der Waals surface area contributed by atoms with Crippen LogP contribution >= 0.6 is 38.9 Å². The van der Waals surface area contributed by atoms with Crippen LogP contribution in [0.2, 0.25) is 5.02 Å². The highest BCUT2D eigenvalue weighted by molar-refractivity contribution is 9.10. The second-order valence-electron chi connectivity index (χ2n) is 3.64. The Bertz CT molecular complexity index is 585. The maximum atomic E-state index is 11.0. The Labute approximate surface area is 122 Å². The van der Waals surface area contributed by atoms with Crippen LogP contribution in [0.1, 0.15) is 15.2 Å². The number of anilines is 1. The number of benzene rings is 1. The Morgan fingerprint density at radius 3 is 2.83 bits per heavy atom. The van der Waals surface area contributed by atoms with Gasteiger partial charge in [0.05, 0.1) is 5.56 Å². The zero-order chi connectivity index (χ0) is 13.1. The lowest BCUT2D eigenvalue weighted by molar-refractivity contribution is 0.100. The second kappa shape index (κ2) is 5.73. The van der Waals surface area contributed by atoms with Crippen LogP contribution in [-0.2, 0) is 6.54 Å². The van der Waals surface area contributed by atoms with Crippen molar-refractivity contribution in [2.45, 2.75) is 6.54 Å². The molecule has 0 aliphatic heterocycles. The van der Waals surface area contributed by atoms with E-state index in [1.165, 1.54) is 11.3 Å². The fourth-order valence-electron chi connectivity index (χ4n) is 1.42. The van der Waals surface area contributed by atoms with Gasteiger partial charge in [0.15, 0.2) is 0 Å². The average Bonchev–Trinajstić information content (AvgIpc) is 2.76. The minimum absolute atomic E-state index is 0.398. The van der Waals surface area contributed by atoms with Crippen LogP contribution in [0, 0.1) is 0 Å². The summed E-state index contributed by atoms with van der Waals surface area (Å²) in [7, 11) is 0. The number of thiophene rings is 1. The molecule has 1 heterocycles. The third kappa shape index (κ3) is 3.25. The van der Waals surface area contributed by atoms with Crippen molar-refractivity contribution in [2.24, 2.45) is 5.73 Å². The number of primary amides is 1. The Hall–Kier alpha value is -1.04. The first kappa shape index (κ1) is 13.4. The molecule has 2 rings (SSSR count). The van der Waals surface area contributed by atoms with Gasteiger partial charge in [-0.05, 0) is 40.2 Å². The molecular weight excluding hydrogens is 336 g/mol. The molecule has 0 spiro atoms. The van der Waals surface area contributed by atoms with Crippen LogP contribution in [-0.4, -0.2) is 5.91 Å². The maximum Gasteiger partial charge on any atom is 0.249 e. The topological polar surface area (TPSA) is 55.1 Å². The maximum absolute atomic E-state index is 11.0. The predicted molar refractivity (Wildman–Crippen MR) is 79.3 cm³/mol. The van der Waals surface area contributed by atoms with Crippen LogP contribution < -0.4 is 11.1 Å². The van der Waals surface area contributed by atoms with E-state index >= 15 is 0 Å². The fourth-order valence-corrected chi connectivity index (χ4v) is 3.05. The molecular formula is C12H10BrClN2OS. The Balaban J connectivity index is 2.04. The van der Waals surface area contributed by atoms with Crippen LogP contribution in [0.4, 0.5) is 5.69 Å². The van der Waals surface area contributed by atoms with Gasteiger partial charge >= 0.3 is 0 Å². The van der Waals surface area contributed by atoms with E-state index in [0.29, 0.717) is 17.1 Å². The Morgan fingerprint density at radius 2 is 2.22 bits per heavy atom. The van der Waals surface area contributed by atoms with Crippen molar-refractivity contribution in [1.82, 2.24) is 0 Å². The highest BCUT2D eigenvalue weighted by Gasteiger charge is 2.05. The molecule has 0 aliphatic rings. The van der Waals surface area contributed by atoms with Crippen molar-refractivity contribution in [3.05, 3.63) is 49.6 Å². The number of carbonyl (C=O) groups is 1. The normalized spacial score (nSPS) is 10.3. The van der Waals surface area contributed by atoms with Crippen LogP contribution in [0.15, 0.2) is 34.1 Å². The smallest absolute Gasteiger partial charge is 0.249 e. The summed E-state index contributed by atoms with van der Waals surface area (Å²) in [5.74, 6) is -0.398. The molecule has 6 heteroatoms. The van der Waals surface area contributed by atoms with Gasteiger partial charge in [-0.15, -0.1) is 11.3 Å². The van der Waals surface area contributed by atoms with Gasteiger partial charge in [0.1, 0.15) is 0 Å². The molecule has 0 saturated carbocycles. The lowest BCUT2D eigenvalue weighted by atomic mass is 10.3. The van der Waals surface area contributed by atoms with Crippen molar-refractivity contribution in [1.29, 1.82) is 0 Å². The summed E-state index contributed by atoms with van der Waals surface area (Å²) < 4.78 is 0.904. The van der Waals surface area contributed by atoms with E-state index in [1.807, 2.05) is 18.2 Å². The molecule has 18 heavy (non-hydrogen) atoms. The van der Waals surface area contributed by atoms with Crippen LogP contribution in [0.25, 0.3) is 0 Å². The van der Waals surface area contributed by atoms with Gasteiger partial charge in [0.25, 0.3) is 0 Å². The Kier molecular flexibility index (Phi) is 4.27. The molecule has 3 N–H and O–H groups in total. The van der Waals surface area contributed by atoms with Crippen molar-refractivity contribution < 1.29 is 4.79 Å². The number of halogens is 2. The fraction of sp³-hybridized carbons (Fsp3) is 0.0833. The number of amides is 1. The van der Waals surface area contributed by atoms with Gasteiger partial charge in [-0.3, -0.25) is 4.79 Å². The lowest BCUT2D eigenvalue weighted by Gasteiger charge is -2.07. The minimum Gasteiger partial charge on any atom is -0.379 e. The molecule has 0 aliphatic carbocycles. The molecule has 1 aromatic heterocycles. The first-order valence-electron chi connectivity index (χ1n) is 5.12. The van der Waals surface area contributed by atoms with E-state index in [1.54, 1.807) is 11.4 Å². The highest BCUT2D eigenvalue weighted by Crippen LogP contribution is 2.26. The first-order valence-corrected chi connectivity index (χ1v) is 7.17. The van der Waals surface area contributed by atoms with E-state index in [4.69, 9.17) is 17.3 Å². The zero-order valence-electron chi connectivity index (χ0n) is 9.24. The number of nitrogens with one attached hydrogen (secondary N) is 1. The standard InChI is InChI=1S/C12H10BrClN2OS/c13-10-4-8(14)1-2-11(10)16-5-9-3-7(6-18-9)12(15)17/h1-4,6,16H,5H2,(H2,15,17). The number of carbonyl (C=O) groups excluding carboxylic acids is 1. The van der Waals surface area contributed by atoms with E-state index < -0.39 is 5.91 Å². The Morgan fingerprint density at radius 1 is 1.44 bits per heavy atom. The number of hydrogen-bond acceptors (Lipinski definition) is 3. The van der Waals surface area contributed by atoms with Crippen LogP contribution in [0.5, 0.6) is 0 Å². The third-order valence-corrected chi connectivity index (χ3v) is 4.15. The summed E-state index contributed by atoms with van der Waals surface area (Å²) in [6.45, 7) is 0.637. The van der Waals surface area contributed by atoms with Gasteiger partial charge in [0.2, 0.25) is 5.91 Å². The molecule has 0 atom stereocenters. The van der Waals surface area contributed by atoms with Crippen molar-refractivity contribution in [3.63, 3.8) is 0 Å². The van der Waals surface area contributed by atoms with E-state index in [0.717, 1.165) is 15.0 Å². The second-order valence-corrected chi connectivity index (χ2v) is 5.93. The van der Waals surface area contributed by atoms with Gasteiger partial charge in [-0.1, -0.05) is 11.6 Å². The average molecular weight is 346 g/mol. The van der Waals surface area contributed by atoms with E-state index in [2.05, 4.69) is 21.2 Å². The molecule has 2 aromatic rings. The summed E-state index contributed by atoms with van der Waals surface area (Å²) in [6.07, 6.45) is 0. The summed E-state index contributed by atoms with van der Waals surface area (Å²) in [5.41, 5.74) is 6.70. The first-order chi connectivity index (χ1) is 8.56. The van der Waals surface area contributed by atoms with Crippen molar-refractivity contribution >= 4 is 50.5 Å². The largest absolute Gasteiger partial charge is 0.379 e. The van der Waals surface area contributed by atoms with Crippen LogP contribution in [0.3, 0.4) is 0 Å². The SMILES string of the molecule is NC(=O)c1csc(CNc2ccc(Cl)cc2Br)c1. The summed E-state index contributed by atoms with van der Waals surface area (Å²) >= 11 is 10.8. The number of rotatable bonds is 4. The lowest BCUT2D eigenvalue weighted by Crippen LogP contribution is -2.09. The monoisotopic (exact) mass is 344 g/mol. The molecule has 1 aromatic carbocycles. The van der Waals surface area contributed by atoms with Gasteiger partial charge < -0.3 is 11.1 Å². The quantitative estimate of drug-likeness (QED) is 0.883. The number of nitrogens with two attached hydrogens (primary N) is 1. The summed E-state index contributed by atoms with van der Waals surface area (Å²) in [4.78, 5) is 12.0. The number of hydrogen-bond donors (Lipinski definition) is 2. The molecule has 0 saturated heterocycles. The molecule has 3 nitrogen and oxygen atoms in total. The molecule has 0 bridgehead atoms. The van der Waals surface area contributed by atoms with E-state index in [-0.39, 0.29) is 0 Å². The minimum atomic E-state index is -0.398. The molecule has 0 unspecified atom stereocenters. The summed E-state index contributed by atoms with van der Waals surface area (Å²) in [5, 5.41) is 5.70.